The number of carbonyl (C=O) groups is 3. The van der Waals surface area contributed by atoms with Crippen molar-refractivity contribution in [2.24, 2.45) is 11.8 Å². The number of nitrogens with one attached hydrogen (secondary N) is 2. The van der Waals surface area contributed by atoms with Gasteiger partial charge in [-0.3, -0.25) is 9.59 Å². The minimum Gasteiger partial charge on any atom is -0.481 e. The number of carboxylic acids is 1. The molecule has 0 spiro atoms. The zero-order valence-electron chi connectivity index (χ0n) is 20.5. The summed E-state index contributed by atoms with van der Waals surface area (Å²) in [6.07, 6.45) is 2.13. The molecule has 0 bridgehead atoms. The van der Waals surface area contributed by atoms with E-state index in [2.05, 4.69) is 34.9 Å². The van der Waals surface area contributed by atoms with E-state index in [-0.39, 0.29) is 24.3 Å². The van der Waals surface area contributed by atoms with Crippen LogP contribution in [0.4, 0.5) is 4.79 Å². The monoisotopic (exact) mass is 478 g/mol. The predicted molar refractivity (Wildman–Crippen MR) is 133 cm³/mol. The number of carbonyl (C=O) groups excluding carboxylic acids is 2. The molecule has 2 aliphatic rings. The standard InChI is InChI=1S/C28H34N2O5/c1-17(2)24(25(31)30-28(3)15-9-8-14-23(28)26(32)33)29-27(34)35-16-22-20-12-6-4-10-18(20)19-11-5-7-13-21(19)22/h4-7,10-13,17,22-24H,8-9,14-16H2,1-3H3,(H,29,34)(H,30,31)(H,32,33). The minimum atomic E-state index is -0.905. The molecule has 35 heavy (non-hydrogen) atoms. The Morgan fingerprint density at radius 2 is 1.63 bits per heavy atom. The first kappa shape index (κ1) is 24.8. The first-order chi connectivity index (χ1) is 16.7. The molecule has 0 aromatic heterocycles. The quantitative estimate of drug-likeness (QED) is 0.535. The van der Waals surface area contributed by atoms with Crippen molar-refractivity contribution < 1.29 is 24.2 Å². The highest BCUT2D eigenvalue weighted by Crippen LogP contribution is 2.44. The molecule has 2 aromatic carbocycles. The van der Waals surface area contributed by atoms with E-state index >= 15 is 0 Å². The lowest BCUT2D eigenvalue weighted by atomic mass is 9.73. The van der Waals surface area contributed by atoms with Crippen LogP contribution in [-0.4, -0.2) is 41.3 Å². The SMILES string of the molecule is CC(C)C(NC(=O)OCC1c2ccccc2-c2ccccc21)C(=O)NC1(C)CCCCC1C(=O)O. The summed E-state index contributed by atoms with van der Waals surface area (Å²) in [5.41, 5.74) is 3.67. The number of rotatable bonds is 7. The highest BCUT2D eigenvalue weighted by molar-refractivity contribution is 5.87. The Kier molecular flexibility index (Phi) is 7.15. The van der Waals surface area contributed by atoms with Crippen molar-refractivity contribution in [3.63, 3.8) is 0 Å². The minimum absolute atomic E-state index is 0.0723. The number of fused-ring (bicyclic) bond motifs is 3. The van der Waals surface area contributed by atoms with Crippen molar-refractivity contribution >= 4 is 18.0 Å². The Hall–Kier alpha value is -3.35. The second kappa shape index (κ2) is 10.1. The van der Waals surface area contributed by atoms with Crippen molar-refractivity contribution in [1.82, 2.24) is 10.6 Å². The molecule has 1 saturated carbocycles. The molecule has 3 N–H and O–H groups in total. The van der Waals surface area contributed by atoms with E-state index in [9.17, 15) is 19.5 Å². The average molecular weight is 479 g/mol. The molecule has 0 aliphatic heterocycles. The number of benzene rings is 2. The van der Waals surface area contributed by atoms with Gasteiger partial charge in [-0.1, -0.05) is 75.2 Å². The Morgan fingerprint density at radius 3 is 2.20 bits per heavy atom. The van der Waals surface area contributed by atoms with Crippen molar-refractivity contribution in [1.29, 1.82) is 0 Å². The Labute approximate surface area is 206 Å². The van der Waals surface area contributed by atoms with Crippen LogP contribution in [0.2, 0.25) is 0 Å². The van der Waals surface area contributed by atoms with Gasteiger partial charge in [0.2, 0.25) is 5.91 Å². The lowest BCUT2D eigenvalue weighted by Gasteiger charge is -2.41. The molecule has 186 valence electrons. The molecule has 1 fully saturated rings. The topological polar surface area (TPSA) is 105 Å². The van der Waals surface area contributed by atoms with Gasteiger partial charge in [-0.05, 0) is 47.9 Å². The lowest BCUT2D eigenvalue weighted by Crippen LogP contribution is -2.60. The molecule has 2 aliphatic carbocycles. The largest absolute Gasteiger partial charge is 0.481 e. The maximum atomic E-state index is 13.2. The molecule has 7 nitrogen and oxygen atoms in total. The lowest BCUT2D eigenvalue weighted by molar-refractivity contribution is -0.147. The van der Waals surface area contributed by atoms with Crippen LogP contribution in [0, 0.1) is 11.8 Å². The third-order valence-electron chi connectivity index (χ3n) is 7.48. The molecule has 0 radical (unpaired) electrons. The number of hydrogen-bond acceptors (Lipinski definition) is 4. The summed E-state index contributed by atoms with van der Waals surface area (Å²) in [5.74, 6) is -2.22. The second-order valence-corrected chi connectivity index (χ2v) is 10.2. The number of aliphatic carboxylic acids is 1. The summed E-state index contributed by atoms with van der Waals surface area (Å²) < 4.78 is 5.62. The molecule has 4 rings (SSSR count). The van der Waals surface area contributed by atoms with Gasteiger partial charge in [0.15, 0.2) is 0 Å². The molecule has 3 unspecified atom stereocenters. The van der Waals surface area contributed by atoms with Crippen LogP contribution in [0.1, 0.15) is 63.5 Å². The van der Waals surface area contributed by atoms with Crippen LogP contribution in [0.15, 0.2) is 48.5 Å². The zero-order valence-corrected chi connectivity index (χ0v) is 20.5. The fourth-order valence-electron chi connectivity index (χ4n) is 5.54. The molecular formula is C28H34N2O5. The summed E-state index contributed by atoms with van der Waals surface area (Å²) in [4.78, 5) is 37.7. The molecule has 0 saturated heterocycles. The third-order valence-corrected chi connectivity index (χ3v) is 7.48. The Bertz CT molecular complexity index is 1070. The van der Waals surface area contributed by atoms with Gasteiger partial charge >= 0.3 is 12.1 Å². The van der Waals surface area contributed by atoms with Crippen LogP contribution in [0.25, 0.3) is 11.1 Å². The summed E-state index contributed by atoms with van der Waals surface area (Å²) >= 11 is 0. The number of amides is 2. The van der Waals surface area contributed by atoms with Crippen LogP contribution in [0.3, 0.4) is 0 Å². The van der Waals surface area contributed by atoms with E-state index in [1.54, 1.807) is 6.92 Å². The molecule has 3 atom stereocenters. The van der Waals surface area contributed by atoms with Gasteiger partial charge < -0.3 is 20.5 Å². The van der Waals surface area contributed by atoms with Gasteiger partial charge in [0.1, 0.15) is 12.6 Å². The van der Waals surface area contributed by atoms with Gasteiger partial charge in [-0.25, -0.2) is 4.79 Å². The van der Waals surface area contributed by atoms with Gasteiger partial charge in [-0.15, -0.1) is 0 Å². The van der Waals surface area contributed by atoms with Crippen molar-refractivity contribution in [2.75, 3.05) is 6.61 Å². The molecule has 2 aromatic rings. The summed E-state index contributed by atoms with van der Waals surface area (Å²) in [5, 5.41) is 15.3. The molecule has 2 amide bonds. The van der Waals surface area contributed by atoms with E-state index in [1.807, 2.05) is 38.1 Å². The maximum absolute atomic E-state index is 13.2. The van der Waals surface area contributed by atoms with E-state index in [1.165, 1.54) is 0 Å². The van der Waals surface area contributed by atoms with Gasteiger partial charge in [0, 0.05) is 5.92 Å². The van der Waals surface area contributed by atoms with Crippen molar-refractivity contribution in [2.45, 2.75) is 64.0 Å². The normalized spacial score (nSPS) is 22.1. The average Bonchev–Trinajstić information content (AvgIpc) is 3.14. The van der Waals surface area contributed by atoms with Crippen molar-refractivity contribution in [3.05, 3.63) is 59.7 Å². The van der Waals surface area contributed by atoms with E-state index in [4.69, 9.17) is 4.74 Å². The summed E-state index contributed by atoms with van der Waals surface area (Å²) in [7, 11) is 0. The van der Waals surface area contributed by atoms with Gasteiger partial charge in [-0.2, -0.15) is 0 Å². The predicted octanol–water partition coefficient (Wildman–Crippen LogP) is 4.70. The second-order valence-electron chi connectivity index (χ2n) is 10.2. The Balaban J connectivity index is 1.42. The van der Waals surface area contributed by atoms with Crippen molar-refractivity contribution in [3.8, 4) is 11.1 Å². The summed E-state index contributed by atoms with van der Waals surface area (Å²) in [6, 6.07) is 15.4. The first-order valence-electron chi connectivity index (χ1n) is 12.4. The first-order valence-corrected chi connectivity index (χ1v) is 12.4. The third kappa shape index (κ3) is 5.04. The fraction of sp³-hybridized carbons (Fsp3) is 0.464. The molecule has 0 heterocycles. The van der Waals surface area contributed by atoms with E-state index < -0.39 is 29.6 Å². The maximum Gasteiger partial charge on any atom is 0.407 e. The number of hydrogen-bond donors (Lipinski definition) is 3. The highest BCUT2D eigenvalue weighted by Gasteiger charge is 2.43. The number of ether oxygens (including phenoxy) is 1. The van der Waals surface area contributed by atoms with Crippen LogP contribution in [0.5, 0.6) is 0 Å². The van der Waals surface area contributed by atoms with Crippen LogP contribution < -0.4 is 10.6 Å². The van der Waals surface area contributed by atoms with Crippen LogP contribution >= 0.6 is 0 Å². The van der Waals surface area contributed by atoms with Crippen LogP contribution in [-0.2, 0) is 14.3 Å². The Morgan fingerprint density at radius 1 is 1.03 bits per heavy atom. The number of carboxylic acid groups (broad SMARTS) is 1. The summed E-state index contributed by atoms with van der Waals surface area (Å²) in [6.45, 7) is 5.62. The molecule has 7 heteroatoms. The van der Waals surface area contributed by atoms with Gasteiger partial charge in [0.25, 0.3) is 0 Å². The highest BCUT2D eigenvalue weighted by atomic mass is 16.5. The number of alkyl carbamates (subject to hydrolysis) is 1. The fourth-order valence-corrected chi connectivity index (χ4v) is 5.54. The van der Waals surface area contributed by atoms with E-state index in [0.717, 1.165) is 35.1 Å². The molecular weight excluding hydrogens is 444 g/mol. The smallest absolute Gasteiger partial charge is 0.407 e. The van der Waals surface area contributed by atoms with E-state index in [0.29, 0.717) is 12.8 Å². The zero-order chi connectivity index (χ0) is 25.2. The van der Waals surface area contributed by atoms with Gasteiger partial charge in [0.05, 0.1) is 11.5 Å².